The molecule has 0 saturated heterocycles. The van der Waals surface area contributed by atoms with Gasteiger partial charge < -0.3 is 20.5 Å². The Morgan fingerprint density at radius 2 is 1.81 bits per heavy atom. The summed E-state index contributed by atoms with van der Waals surface area (Å²) in [4.78, 5) is 22.0. The number of nitrogens with zero attached hydrogens (tertiary/aromatic N) is 1. The van der Waals surface area contributed by atoms with Gasteiger partial charge in [0.05, 0.1) is 11.3 Å². The standard InChI is InChI=1S/C19H23N3O5/c23-17(14-27-18-4-2-1-3-5-18)13-20-10-11-21-19(24)12-15-6-8-16(9-7-15)22(25)26/h1-9,17,20,23H,10-14H2,(H,21,24)/t17-/m1/s1. The lowest BCUT2D eigenvalue weighted by Gasteiger charge is -2.13. The van der Waals surface area contributed by atoms with Crippen molar-refractivity contribution in [3.8, 4) is 5.75 Å². The first-order valence-corrected chi connectivity index (χ1v) is 8.61. The summed E-state index contributed by atoms with van der Waals surface area (Å²) in [5.74, 6) is 0.536. The zero-order valence-corrected chi connectivity index (χ0v) is 14.8. The molecule has 8 heteroatoms. The van der Waals surface area contributed by atoms with Gasteiger partial charge >= 0.3 is 0 Å². The average molecular weight is 373 g/mol. The minimum Gasteiger partial charge on any atom is -0.491 e. The van der Waals surface area contributed by atoms with Gasteiger partial charge in [-0.2, -0.15) is 0 Å². The number of nitrogens with one attached hydrogen (secondary N) is 2. The predicted molar refractivity (Wildman–Crippen MR) is 101 cm³/mol. The van der Waals surface area contributed by atoms with E-state index in [0.29, 0.717) is 30.9 Å². The summed E-state index contributed by atoms with van der Waals surface area (Å²) in [6.07, 6.45) is -0.494. The molecule has 2 rings (SSSR count). The Kier molecular flexibility index (Phi) is 8.21. The summed E-state index contributed by atoms with van der Waals surface area (Å²) in [7, 11) is 0. The first-order valence-electron chi connectivity index (χ1n) is 8.61. The number of para-hydroxylation sites is 1. The molecular formula is C19H23N3O5. The Balaban J connectivity index is 1.55. The molecular weight excluding hydrogens is 350 g/mol. The van der Waals surface area contributed by atoms with Crippen LogP contribution >= 0.6 is 0 Å². The number of carbonyl (C=O) groups is 1. The second kappa shape index (κ2) is 10.9. The van der Waals surface area contributed by atoms with Gasteiger partial charge in [-0.3, -0.25) is 14.9 Å². The molecule has 0 aliphatic heterocycles. The number of nitro benzene ring substituents is 1. The van der Waals surface area contributed by atoms with Crippen molar-refractivity contribution in [2.45, 2.75) is 12.5 Å². The van der Waals surface area contributed by atoms with E-state index in [9.17, 15) is 20.0 Å². The van der Waals surface area contributed by atoms with Crippen LogP contribution in [0.4, 0.5) is 5.69 Å². The van der Waals surface area contributed by atoms with Gasteiger partial charge in [0.2, 0.25) is 5.91 Å². The van der Waals surface area contributed by atoms with Crippen LogP contribution in [0.5, 0.6) is 5.75 Å². The third-order valence-electron chi connectivity index (χ3n) is 3.70. The molecule has 0 aliphatic rings. The highest BCUT2D eigenvalue weighted by atomic mass is 16.6. The topological polar surface area (TPSA) is 114 Å². The van der Waals surface area contributed by atoms with Crippen LogP contribution in [0.3, 0.4) is 0 Å². The van der Waals surface area contributed by atoms with Crippen molar-refractivity contribution >= 4 is 11.6 Å². The maximum absolute atomic E-state index is 11.8. The van der Waals surface area contributed by atoms with E-state index < -0.39 is 11.0 Å². The predicted octanol–water partition coefficient (Wildman–Crippen LogP) is 1.28. The second-order valence-electron chi connectivity index (χ2n) is 5.93. The number of nitro groups is 1. The molecule has 0 spiro atoms. The van der Waals surface area contributed by atoms with Gasteiger partial charge in [0, 0.05) is 31.8 Å². The van der Waals surface area contributed by atoms with Crippen molar-refractivity contribution in [3.05, 3.63) is 70.3 Å². The number of ether oxygens (including phenoxy) is 1. The summed E-state index contributed by atoms with van der Waals surface area (Å²) in [5, 5.41) is 26.2. The van der Waals surface area contributed by atoms with E-state index in [0.717, 1.165) is 0 Å². The number of non-ortho nitro benzene ring substituents is 1. The molecule has 27 heavy (non-hydrogen) atoms. The van der Waals surface area contributed by atoms with Gasteiger partial charge in [0.1, 0.15) is 18.5 Å². The number of carbonyl (C=O) groups excluding carboxylic acids is 1. The van der Waals surface area contributed by atoms with Gasteiger partial charge in [-0.15, -0.1) is 0 Å². The third-order valence-corrected chi connectivity index (χ3v) is 3.70. The fraction of sp³-hybridized carbons (Fsp3) is 0.316. The van der Waals surface area contributed by atoms with Crippen LogP contribution in [0.15, 0.2) is 54.6 Å². The van der Waals surface area contributed by atoms with Crippen LogP contribution in [0.1, 0.15) is 5.56 Å². The Labute approximate surface area is 157 Å². The van der Waals surface area contributed by atoms with Crippen LogP contribution in [0.2, 0.25) is 0 Å². The molecule has 0 aromatic heterocycles. The molecule has 1 atom stereocenters. The molecule has 0 unspecified atom stereocenters. The van der Waals surface area contributed by atoms with E-state index in [1.165, 1.54) is 12.1 Å². The lowest BCUT2D eigenvalue weighted by atomic mass is 10.1. The molecule has 2 aromatic carbocycles. The Hall–Kier alpha value is -2.97. The zero-order chi connectivity index (χ0) is 19.5. The van der Waals surface area contributed by atoms with Crippen LogP contribution in [-0.2, 0) is 11.2 Å². The molecule has 0 heterocycles. The molecule has 0 saturated carbocycles. The first-order chi connectivity index (χ1) is 13.0. The summed E-state index contributed by atoms with van der Waals surface area (Å²) < 4.78 is 5.45. The van der Waals surface area contributed by atoms with Crippen molar-refractivity contribution < 1.29 is 19.6 Å². The van der Waals surface area contributed by atoms with Gasteiger partial charge in [0.15, 0.2) is 0 Å². The van der Waals surface area contributed by atoms with Crippen molar-refractivity contribution in [2.24, 2.45) is 0 Å². The number of rotatable bonds is 11. The molecule has 0 bridgehead atoms. The highest BCUT2D eigenvalue weighted by molar-refractivity contribution is 5.78. The Morgan fingerprint density at radius 1 is 1.11 bits per heavy atom. The summed E-state index contributed by atoms with van der Waals surface area (Å²) in [5.41, 5.74) is 0.706. The van der Waals surface area contributed by atoms with Crippen molar-refractivity contribution in [1.29, 1.82) is 0 Å². The van der Waals surface area contributed by atoms with Gasteiger partial charge in [-0.05, 0) is 17.7 Å². The maximum atomic E-state index is 11.8. The molecule has 8 nitrogen and oxygen atoms in total. The molecule has 3 N–H and O–H groups in total. The van der Waals surface area contributed by atoms with E-state index >= 15 is 0 Å². The molecule has 1 amide bonds. The van der Waals surface area contributed by atoms with Gasteiger partial charge in [0.25, 0.3) is 5.69 Å². The largest absolute Gasteiger partial charge is 0.491 e. The maximum Gasteiger partial charge on any atom is 0.269 e. The highest BCUT2D eigenvalue weighted by Crippen LogP contribution is 2.12. The van der Waals surface area contributed by atoms with Gasteiger partial charge in [-0.25, -0.2) is 0 Å². The van der Waals surface area contributed by atoms with E-state index in [2.05, 4.69) is 10.6 Å². The number of benzene rings is 2. The van der Waals surface area contributed by atoms with Gasteiger partial charge in [-0.1, -0.05) is 30.3 Å². The normalized spacial score (nSPS) is 11.6. The summed E-state index contributed by atoms with van der Waals surface area (Å²) in [6, 6.07) is 15.1. The zero-order valence-electron chi connectivity index (χ0n) is 14.8. The second-order valence-corrected chi connectivity index (χ2v) is 5.93. The molecule has 0 aliphatic carbocycles. The minimum atomic E-state index is -0.652. The molecule has 2 aromatic rings. The van der Waals surface area contributed by atoms with E-state index in [-0.39, 0.29) is 24.6 Å². The van der Waals surface area contributed by atoms with Crippen LogP contribution in [0.25, 0.3) is 0 Å². The van der Waals surface area contributed by atoms with Crippen LogP contribution < -0.4 is 15.4 Å². The van der Waals surface area contributed by atoms with Crippen molar-refractivity contribution in [2.75, 3.05) is 26.2 Å². The quantitative estimate of drug-likeness (QED) is 0.311. The highest BCUT2D eigenvalue weighted by Gasteiger charge is 2.08. The summed E-state index contributed by atoms with van der Waals surface area (Å²) in [6.45, 7) is 1.46. The molecule has 0 radical (unpaired) electrons. The number of hydrogen-bond donors (Lipinski definition) is 3. The van der Waals surface area contributed by atoms with Crippen LogP contribution in [0, 0.1) is 10.1 Å². The SMILES string of the molecule is O=C(Cc1ccc([N+](=O)[O-])cc1)NCCNC[C@@H](O)COc1ccccc1. The van der Waals surface area contributed by atoms with Crippen molar-refractivity contribution in [1.82, 2.24) is 10.6 Å². The van der Waals surface area contributed by atoms with E-state index in [4.69, 9.17) is 4.74 Å². The average Bonchev–Trinajstić information content (AvgIpc) is 2.67. The fourth-order valence-corrected chi connectivity index (χ4v) is 2.31. The Morgan fingerprint density at radius 3 is 2.48 bits per heavy atom. The monoisotopic (exact) mass is 373 g/mol. The fourth-order valence-electron chi connectivity index (χ4n) is 2.31. The molecule has 144 valence electrons. The lowest BCUT2D eigenvalue weighted by molar-refractivity contribution is -0.384. The summed E-state index contributed by atoms with van der Waals surface area (Å²) >= 11 is 0. The van der Waals surface area contributed by atoms with E-state index in [1.54, 1.807) is 12.1 Å². The number of amides is 1. The first kappa shape index (κ1) is 20.3. The Bertz CT molecular complexity index is 722. The number of aliphatic hydroxyl groups is 1. The number of hydrogen-bond acceptors (Lipinski definition) is 6. The van der Waals surface area contributed by atoms with Crippen LogP contribution in [-0.4, -0.2) is 48.3 Å². The van der Waals surface area contributed by atoms with E-state index in [1.807, 2.05) is 30.3 Å². The van der Waals surface area contributed by atoms with Crippen molar-refractivity contribution in [3.63, 3.8) is 0 Å². The third kappa shape index (κ3) is 7.85. The lowest BCUT2D eigenvalue weighted by Crippen LogP contribution is -2.37. The minimum absolute atomic E-state index is 0.00170. The number of aliphatic hydroxyl groups excluding tert-OH is 1. The smallest absolute Gasteiger partial charge is 0.269 e. The molecule has 0 fully saturated rings.